The van der Waals surface area contributed by atoms with E-state index in [1.807, 2.05) is 68.1 Å². The van der Waals surface area contributed by atoms with Crippen LogP contribution in [0.3, 0.4) is 0 Å². The van der Waals surface area contributed by atoms with Gasteiger partial charge in [-0.25, -0.2) is 0 Å². The Morgan fingerprint density at radius 2 is 1.65 bits per heavy atom. The van der Waals surface area contributed by atoms with E-state index in [0.29, 0.717) is 52.2 Å². The van der Waals surface area contributed by atoms with Gasteiger partial charge in [0.15, 0.2) is 0 Å². The van der Waals surface area contributed by atoms with Gasteiger partial charge < -0.3 is 15.0 Å². The molecule has 6 heteroatoms. The summed E-state index contributed by atoms with van der Waals surface area (Å²) in [6.45, 7) is 9.70. The van der Waals surface area contributed by atoms with Gasteiger partial charge in [0.05, 0.1) is 13.2 Å². The van der Waals surface area contributed by atoms with Crippen LogP contribution in [0.1, 0.15) is 29.5 Å². The molecule has 0 aliphatic carbocycles. The first-order valence-corrected chi connectivity index (χ1v) is 11.0. The number of nitrogens with one attached hydrogen (secondary N) is 1. The molecule has 0 unspecified atom stereocenters. The zero-order chi connectivity index (χ0) is 22.2. The van der Waals surface area contributed by atoms with E-state index < -0.39 is 0 Å². The zero-order valence-corrected chi connectivity index (χ0v) is 18.8. The molecule has 1 aliphatic rings. The number of anilines is 1. The molecule has 0 aromatic heterocycles. The van der Waals surface area contributed by atoms with Crippen LogP contribution >= 0.6 is 0 Å². The van der Waals surface area contributed by atoms with Crippen LogP contribution in [-0.4, -0.2) is 60.9 Å². The van der Waals surface area contributed by atoms with Gasteiger partial charge in [-0.3, -0.25) is 14.5 Å². The van der Waals surface area contributed by atoms with Crippen molar-refractivity contribution in [2.24, 2.45) is 0 Å². The summed E-state index contributed by atoms with van der Waals surface area (Å²) in [5.41, 5.74) is 4.23. The van der Waals surface area contributed by atoms with Crippen molar-refractivity contribution in [3.8, 4) is 5.75 Å². The number of aryl methyl sites for hydroxylation is 2. The van der Waals surface area contributed by atoms with E-state index in [4.69, 9.17) is 4.74 Å². The van der Waals surface area contributed by atoms with Crippen molar-refractivity contribution in [2.45, 2.75) is 33.6 Å². The lowest BCUT2D eigenvalue weighted by Gasteiger charge is -2.34. The first kappa shape index (κ1) is 22.8. The number of nitrogens with zero attached hydrogens (tertiary/aromatic N) is 2. The fraction of sp³-hybridized carbons (Fsp3) is 0.440. The van der Waals surface area contributed by atoms with Gasteiger partial charge in [-0.05, 0) is 56.0 Å². The van der Waals surface area contributed by atoms with Crippen LogP contribution in [0.25, 0.3) is 0 Å². The maximum Gasteiger partial charge on any atom is 0.238 e. The summed E-state index contributed by atoms with van der Waals surface area (Å²) in [5.74, 6) is 1.03. The summed E-state index contributed by atoms with van der Waals surface area (Å²) in [6, 6.07) is 13.8. The van der Waals surface area contributed by atoms with Gasteiger partial charge in [0.1, 0.15) is 5.75 Å². The molecule has 1 saturated heterocycles. The van der Waals surface area contributed by atoms with Gasteiger partial charge in [0.2, 0.25) is 11.8 Å². The second kappa shape index (κ2) is 11.0. The van der Waals surface area contributed by atoms with Crippen molar-refractivity contribution in [3.05, 3.63) is 59.2 Å². The van der Waals surface area contributed by atoms with Gasteiger partial charge in [-0.15, -0.1) is 0 Å². The molecule has 0 radical (unpaired) electrons. The Balaban J connectivity index is 1.35. The highest BCUT2D eigenvalue weighted by atomic mass is 16.5. The van der Waals surface area contributed by atoms with Crippen LogP contribution in [0.2, 0.25) is 0 Å². The third-order valence-corrected chi connectivity index (χ3v) is 5.86. The maximum absolute atomic E-state index is 12.5. The van der Waals surface area contributed by atoms with Crippen LogP contribution in [0.15, 0.2) is 42.5 Å². The van der Waals surface area contributed by atoms with E-state index in [1.54, 1.807) is 0 Å². The van der Waals surface area contributed by atoms with Crippen molar-refractivity contribution in [2.75, 3.05) is 44.6 Å². The van der Waals surface area contributed by atoms with Gasteiger partial charge >= 0.3 is 0 Å². The molecular formula is C25H33N3O3. The normalized spacial score (nSPS) is 14.4. The van der Waals surface area contributed by atoms with Crippen molar-refractivity contribution in [1.29, 1.82) is 0 Å². The lowest BCUT2D eigenvalue weighted by Crippen LogP contribution is -2.50. The molecule has 2 amide bonds. The van der Waals surface area contributed by atoms with E-state index in [0.717, 1.165) is 28.1 Å². The number of ether oxygens (including phenoxy) is 1. The third-order valence-electron chi connectivity index (χ3n) is 5.86. The molecule has 6 nitrogen and oxygen atoms in total. The van der Waals surface area contributed by atoms with Crippen LogP contribution in [-0.2, 0) is 9.59 Å². The molecule has 31 heavy (non-hydrogen) atoms. The summed E-state index contributed by atoms with van der Waals surface area (Å²) in [4.78, 5) is 28.9. The zero-order valence-electron chi connectivity index (χ0n) is 18.8. The Morgan fingerprint density at radius 3 is 2.39 bits per heavy atom. The predicted octanol–water partition coefficient (Wildman–Crippen LogP) is 3.55. The minimum Gasteiger partial charge on any atom is -0.493 e. The van der Waals surface area contributed by atoms with Gasteiger partial charge in [0.25, 0.3) is 0 Å². The Morgan fingerprint density at radius 1 is 0.935 bits per heavy atom. The van der Waals surface area contributed by atoms with Crippen molar-refractivity contribution in [3.63, 3.8) is 0 Å². The third kappa shape index (κ3) is 6.56. The monoisotopic (exact) mass is 423 g/mol. The number of benzene rings is 2. The van der Waals surface area contributed by atoms with E-state index in [1.165, 1.54) is 0 Å². The molecule has 0 saturated carbocycles. The SMILES string of the molecule is Cc1ccccc1OCCCC(=O)N1CCN(CC(=O)Nc2cccc(C)c2C)CC1. The van der Waals surface area contributed by atoms with Crippen LogP contribution in [0.4, 0.5) is 5.69 Å². The Hall–Kier alpha value is -2.86. The number of para-hydroxylation sites is 1. The number of carbonyl (C=O) groups is 2. The highest BCUT2D eigenvalue weighted by Gasteiger charge is 2.22. The van der Waals surface area contributed by atoms with Crippen LogP contribution in [0, 0.1) is 20.8 Å². The molecule has 2 aromatic carbocycles. The number of amides is 2. The fourth-order valence-corrected chi connectivity index (χ4v) is 3.72. The fourth-order valence-electron chi connectivity index (χ4n) is 3.72. The van der Waals surface area contributed by atoms with E-state index in [2.05, 4.69) is 10.2 Å². The number of carbonyl (C=O) groups excluding carboxylic acids is 2. The van der Waals surface area contributed by atoms with Gasteiger partial charge in [0, 0.05) is 38.3 Å². The summed E-state index contributed by atoms with van der Waals surface area (Å²) in [5, 5.41) is 3.01. The molecule has 2 aromatic rings. The highest BCUT2D eigenvalue weighted by molar-refractivity contribution is 5.93. The van der Waals surface area contributed by atoms with Gasteiger partial charge in [-0.1, -0.05) is 30.3 Å². The first-order chi connectivity index (χ1) is 14.9. The molecule has 166 valence electrons. The summed E-state index contributed by atoms with van der Waals surface area (Å²) in [6.07, 6.45) is 1.19. The summed E-state index contributed by atoms with van der Waals surface area (Å²) < 4.78 is 5.78. The van der Waals surface area contributed by atoms with Crippen molar-refractivity contribution in [1.82, 2.24) is 9.80 Å². The topological polar surface area (TPSA) is 61.9 Å². The average molecular weight is 424 g/mol. The smallest absolute Gasteiger partial charge is 0.238 e. The van der Waals surface area contributed by atoms with Crippen LogP contribution < -0.4 is 10.1 Å². The molecule has 1 heterocycles. The van der Waals surface area contributed by atoms with Crippen molar-refractivity contribution < 1.29 is 14.3 Å². The van der Waals surface area contributed by atoms with E-state index in [-0.39, 0.29) is 11.8 Å². The number of hydrogen-bond donors (Lipinski definition) is 1. The number of piperazine rings is 1. The average Bonchev–Trinajstić information content (AvgIpc) is 2.76. The van der Waals surface area contributed by atoms with Crippen LogP contribution in [0.5, 0.6) is 5.75 Å². The minimum absolute atomic E-state index is 0.0122. The number of rotatable bonds is 8. The Kier molecular flexibility index (Phi) is 8.06. The molecule has 3 rings (SSSR count). The molecule has 0 spiro atoms. The molecule has 0 atom stereocenters. The number of hydrogen-bond acceptors (Lipinski definition) is 4. The first-order valence-electron chi connectivity index (χ1n) is 11.0. The van der Waals surface area contributed by atoms with Gasteiger partial charge in [-0.2, -0.15) is 0 Å². The Labute approximate surface area is 185 Å². The highest BCUT2D eigenvalue weighted by Crippen LogP contribution is 2.18. The molecular weight excluding hydrogens is 390 g/mol. The second-order valence-corrected chi connectivity index (χ2v) is 8.17. The summed E-state index contributed by atoms with van der Waals surface area (Å²) >= 11 is 0. The summed E-state index contributed by atoms with van der Waals surface area (Å²) in [7, 11) is 0. The van der Waals surface area contributed by atoms with E-state index in [9.17, 15) is 9.59 Å². The largest absolute Gasteiger partial charge is 0.493 e. The lowest BCUT2D eigenvalue weighted by molar-refractivity contribution is -0.133. The quantitative estimate of drug-likeness (QED) is 0.660. The molecule has 1 N–H and O–H groups in total. The minimum atomic E-state index is -0.0122. The van der Waals surface area contributed by atoms with Crippen molar-refractivity contribution >= 4 is 17.5 Å². The predicted molar refractivity (Wildman–Crippen MR) is 123 cm³/mol. The molecule has 1 fully saturated rings. The standard InChI is InChI=1S/C25H33N3O3/c1-19-9-6-10-22(21(19)3)26-24(29)18-27-13-15-28(16-14-27)25(30)12-7-17-31-23-11-5-4-8-20(23)2/h4-6,8-11H,7,12-18H2,1-3H3,(H,26,29). The maximum atomic E-state index is 12.5. The Bertz CT molecular complexity index is 905. The second-order valence-electron chi connectivity index (χ2n) is 8.17. The lowest BCUT2D eigenvalue weighted by atomic mass is 10.1. The van der Waals surface area contributed by atoms with E-state index >= 15 is 0 Å². The molecule has 0 bridgehead atoms. The molecule has 1 aliphatic heterocycles.